The second kappa shape index (κ2) is 9.72. The van der Waals surface area contributed by atoms with Gasteiger partial charge in [-0.2, -0.15) is 0 Å². The van der Waals surface area contributed by atoms with E-state index in [2.05, 4.69) is 16.7 Å². The molecule has 0 saturated heterocycles. The van der Waals surface area contributed by atoms with Gasteiger partial charge in [0.25, 0.3) is 0 Å². The van der Waals surface area contributed by atoms with Crippen molar-refractivity contribution < 1.29 is 9.59 Å². The normalized spacial score (nSPS) is 22.6. The summed E-state index contributed by atoms with van der Waals surface area (Å²) in [5.74, 6) is 0.335. The molecule has 0 bridgehead atoms. The van der Waals surface area contributed by atoms with Crippen LogP contribution in [0.1, 0.15) is 63.4 Å². The Balaban J connectivity index is 1.37. The van der Waals surface area contributed by atoms with Crippen LogP contribution < -0.4 is 10.6 Å². The van der Waals surface area contributed by atoms with Gasteiger partial charge in [-0.3, -0.25) is 9.59 Å². The van der Waals surface area contributed by atoms with Gasteiger partial charge in [0.2, 0.25) is 11.8 Å². The van der Waals surface area contributed by atoms with Crippen molar-refractivity contribution in [3.63, 3.8) is 0 Å². The molecular weight excluding hydrogens is 336 g/mol. The number of benzene rings is 1. The Morgan fingerprint density at radius 1 is 0.963 bits per heavy atom. The van der Waals surface area contributed by atoms with E-state index in [1.807, 2.05) is 31.2 Å². The van der Waals surface area contributed by atoms with Crippen molar-refractivity contribution in [2.45, 2.75) is 64.7 Å². The number of amides is 2. The maximum Gasteiger partial charge on any atom is 0.227 e. The summed E-state index contributed by atoms with van der Waals surface area (Å²) < 4.78 is 0. The first-order valence-electron chi connectivity index (χ1n) is 10.4. The molecule has 0 heterocycles. The maximum atomic E-state index is 12.5. The summed E-state index contributed by atoms with van der Waals surface area (Å²) in [5, 5.41) is 6.12. The van der Waals surface area contributed by atoms with E-state index in [0.717, 1.165) is 44.3 Å². The Kier molecular flexibility index (Phi) is 7.08. The van der Waals surface area contributed by atoms with Crippen molar-refractivity contribution in [3.8, 4) is 0 Å². The molecule has 0 spiro atoms. The number of nitrogens with one attached hydrogen (secondary N) is 2. The summed E-state index contributed by atoms with van der Waals surface area (Å²) in [5.41, 5.74) is 3.53. The molecule has 2 aliphatic carbocycles. The van der Waals surface area contributed by atoms with Crippen LogP contribution in [0.5, 0.6) is 0 Å². The summed E-state index contributed by atoms with van der Waals surface area (Å²) >= 11 is 0. The lowest BCUT2D eigenvalue weighted by Gasteiger charge is -2.27. The molecule has 4 nitrogen and oxygen atoms in total. The molecule has 1 aromatic carbocycles. The van der Waals surface area contributed by atoms with Crippen LogP contribution in [0.4, 0.5) is 5.69 Å². The van der Waals surface area contributed by atoms with Crippen LogP contribution in [0.2, 0.25) is 0 Å². The van der Waals surface area contributed by atoms with Crippen LogP contribution in [-0.4, -0.2) is 18.4 Å². The van der Waals surface area contributed by atoms with E-state index in [1.165, 1.54) is 36.8 Å². The zero-order valence-corrected chi connectivity index (χ0v) is 16.4. The molecule has 0 aliphatic heterocycles. The second-order valence-electron chi connectivity index (χ2n) is 8.05. The molecule has 4 heteroatoms. The molecule has 0 unspecified atom stereocenters. The van der Waals surface area contributed by atoms with Crippen LogP contribution in [-0.2, 0) is 9.59 Å². The number of anilines is 1. The lowest BCUT2D eigenvalue weighted by Crippen LogP contribution is -2.36. The van der Waals surface area contributed by atoms with Crippen molar-refractivity contribution in [1.29, 1.82) is 0 Å². The minimum absolute atomic E-state index is 0.0164. The monoisotopic (exact) mass is 368 g/mol. The molecule has 3 rings (SSSR count). The van der Waals surface area contributed by atoms with Gasteiger partial charge >= 0.3 is 0 Å². The summed E-state index contributed by atoms with van der Waals surface area (Å²) in [4.78, 5) is 24.9. The Morgan fingerprint density at radius 3 is 2.26 bits per heavy atom. The molecule has 0 atom stereocenters. The molecule has 1 fully saturated rings. The minimum Gasteiger partial charge on any atom is -0.356 e. The minimum atomic E-state index is 0.0164. The van der Waals surface area contributed by atoms with Gasteiger partial charge < -0.3 is 10.6 Å². The van der Waals surface area contributed by atoms with E-state index in [9.17, 15) is 9.59 Å². The highest BCUT2D eigenvalue weighted by Gasteiger charge is 2.29. The SMILES string of the molecule is Cc1ccc(NC(=O)C2CCC(C(=O)NCCC3=CCCCC3)CC2)cc1. The predicted octanol–water partition coefficient (Wildman–Crippen LogP) is 4.75. The zero-order valence-electron chi connectivity index (χ0n) is 16.4. The summed E-state index contributed by atoms with van der Waals surface area (Å²) in [6, 6.07) is 7.88. The molecule has 1 saturated carbocycles. The highest BCUT2D eigenvalue weighted by molar-refractivity contribution is 5.92. The van der Waals surface area contributed by atoms with Crippen LogP contribution in [0.15, 0.2) is 35.9 Å². The molecule has 2 amide bonds. The first-order valence-corrected chi connectivity index (χ1v) is 10.4. The predicted molar refractivity (Wildman–Crippen MR) is 109 cm³/mol. The number of allylic oxidation sites excluding steroid dienone is 1. The van der Waals surface area contributed by atoms with Crippen LogP contribution >= 0.6 is 0 Å². The highest BCUT2D eigenvalue weighted by Crippen LogP contribution is 2.30. The number of aryl methyl sites for hydroxylation is 1. The van der Waals surface area contributed by atoms with Crippen LogP contribution in [0.3, 0.4) is 0 Å². The fourth-order valence-electron chi connectivity index (χ4n) is 4.12. The summed E-state index contributed by atoms with van der Waals surface area (Å²) in [6.07, 6.45) is 11.5. The molecule has 0 aromatic heterocycles. The third-order valence-corrected chi connectivity index (χ3v) is 5.92. The second-order valence-corrected chi connectivity index (χ2v) is 8.05. The third kappa shape index (κ3) is 5.95. The van der Waals surface area contributed by atoms with Gasteiger partial charge in [0.15, 0.2) is 0 Å². The Hall–Kier alpha value is -2.10. The lowest BCUT2D eigenvalue weighted by molar-refractivity contribution is -0.128. The molecule has 1 aromatic rings. The zero-order chi connectivity index (χ0) is 19.1. The number of hydrogen-bond acceptors (Lipinski definition) is 2. The fraction of sp³-hybridized carbons (Fsp3) is 0.565. The summed E-state index contributed by atoms with van der Waals surface area (Å²) in [6.45, 7) is 2.78. The third-order valence-electron chi connectivity index (χ3n) is 5.92. The Morgan fingerprint density at radius 2 is 1.63 bits per heavy atom. The van der Waals surface area contributed by atoms with E-state index in [1.54, 1.807) is 0 Å². The first kappa shape index (κ1) is 19.7. The van der Waals surface area contributed by atoms with Crippen molar-refractivity contribution in [1.82, 2.24) is 5.32 Å². The van der Waals surface area contributed by atoms with E-state index in [0.29, 0.717) is 0 Å². The lowest BCUT2D eigenvalue weighted by atomic mass is 9.81. The number of rotatable bonds is 6. The molecule has 0 radical (unpaired) electrons. The first-order chi connectivity index (χ1) is 13.1. The molecule has 146 valence electrons. The van der Waals surface area contributed by atoms with Crippen molar-refractivity contribution in [2.75, 3.05) is 11.9 Å². The van der Waals surface area contributed by atoms with Gasteiger partial charge in [-0.1, -0.05) is 29.3 Å². The summed E-state index contributed by atoms with van der Waals surface area (Å²) in [7, 11) is 0. The number of hydrogen-bond donors (Lipinski definition) is 2. The van der Waals surface area contributed by atoms with Gasteiger partial charge in [0.05, 0.1) is 0 Å². The highest BCUT2D eigenvalue weighted by atomic mass is 16.2. The number of carbonyl (C=O) groups excluding carboxylic acids is 2. The van der Waals surface area contributed by atoms with Gasteiger partial charge in [-0.25, -0.2) is 0 Å². The van der Waals surface area contributed by atoms with E-state index >= 15 is 0 Å². The quantitative estimate of drug-likeness (QED) is 0.712. The molecule has 27 heavy (non-hydrogen) atoms. The van der Waals surface area contributed by atoms with E-state index in [4.69, 9.17) is 0 Å². The average molecular weight is 369 g/mol. The van der Waals surface area contributed by atoms with Crippen molar-refractivity contribution in [3.05, 3.63) is 41.5 Å². The smallest absolute Gasteiger partial charge is 0.227 e. The topological polar surface area (TPSA) is 58.2 Å². The van der Waals surface area contributed by atoms with Crippen LogP contribution in [0.25, 0.3) is 0 Å². The van der Waals surface area contributed by atoms with Crippen molar-refractivity contribution in [2.24, 2.45) is 11.8 Å². The van der Waals surface area contributed by atoms with Gasteiger partial charge in [-0.15, -0.1) is 0 Å². The van der Waals surface area contributed by atoms with Crippen molar-refractivity contribution >= 4 is 17.5 Å². The van der Waals surface area contributed by atoms with E-state index < -0.39 is 0 Å². The maximum absolute atomic E-state index is 12.5. The van der Waals surface area contributed by atoms with Gasteiger partial charge in [-0.05, 0) is 76.8 Å². The fourth-order valence-corrected chi connectivity index (χ4v) is 4.12. The van der Waals surface area contributed by atoms with Gasteiger partial charge in [0, 0.05) is 24.1 Å². The Bertz CT molecular complexity index is 670. The molecule has 2 aliphatic rings. The van der Waals surface area contributed by atoms with E-state index in [-0.39, 0.29) is 23.7 Å². The van der Waals surface area contributed by atoms with Gasteiger partial charge in [0.1, 0.15) is 0 Å². The molecular formula is C23H32N2O2. The average Bonchev–Trinajstić information content (AvgIpc) is 2.70. The van der Waals surface area contributed by atoms with Crippen LogP contribution in [0, 0.1) is 18.8 Å². The molecule has 2 N–H and O–H groups in total. The largest absolute Gasteiger partial charge is 0.356 e. The Labute approximate surface area is 162 Å². The number of carbonyl (C=O) groups is 2. The standard InChI is InChI=1S/C23H32N2O2/c1-17-7-13-21(14-8-17)25-23(27)20-11-9-19(10-12-20)22(26)24-16-15-18-5-3-2-4-6-18/h5,7-8,13-14,19-20H,2-4,6,9-12,15-16H2,1H3,(H,24,26)(H,25,27).